The second kappa shape index (κ2) is 7.30. The molecule has 0 radical (unpaired) electrons. The monoisotopic (exact) mass is 322 g/mol. The van der Waals surface area contributed by atoms with Gasteiger partial charge in [0.05, 0.1) is 18.7 Å². The van der Waals surface area contributed by atoms with E-state index in [2.05, 4.69) is 10.2 Å². The lowest BCUT2D eigenvalue weighted by atomic mass is 10.2. The number of aliphatic hydroxyl groups excluding tert-OH is 2. The summed E-state index contributed by atoms with van der Waals surface area (Å²) in [7, 11) is 1.73. The maximum absolute atomic E-state index is 10.2. The third-order valence-corrected chi connectivity index (χ3v) is 3.64. The minimum absolute atomic E-state index is 0.00335. The topological polar surface area (TPSA) is 93.6 Å². The lowest BCUT2D eigenvalue weighted by Gasteiger charge is -2.19. The third-order valence-electron chi connectivity index (χ3n) is 3.30. The normalized spacial score (nSPS) is 11.4. The predicted octanol–water partition coefficient (Wildman–Crippen LogP) is 1.54. The number of azo groups is 1. The van der Waals surface area contributed by atoms with Gasteiger partial charge in [0.2, 0.25) is 11.0 Å². The lowest BCUT2D eigenvalue weighted by molar-refractivity contribution is 0.213. The first-order chi connectivity index (χ1) is 10.6. The molecule has 1 aromatic heterocycles. The molecule has 22 heavy (non-hydrogen) atoms. The molecule has 0 aliphatic heterocycles. The maximum Gasteiger partial charge on any atom is 0.220 e. The van der Waals surface area contributed by atoms with E-state index >= 15 is 0 Å². The number of para-hydroxylation sites is 1. The molecule has 0 bridgehead atoms. The van der Waals surface area contributed by atoms with Crippen LogP contribution in [0.2, 0.25) is 0 Å². The number of aromatic hydroxyl groups is 1. The zero-order valence-corrected chi connectivity index (χ0v) is 13.0. The molecule has 0 aliphatic rings. The van der Waals surface area contributed by atoms with Crippen molar-refractivity contribution < 1.29 is 15.3 Å². The summed E-state index contributed by atoms with van der Waals surface area (Å²) < 4.78 is 1.62. The van der Waals surface area contributed by atoms with Crippen molar-refractivity contribution in [3.8, 4) is 5.88 Å². The molecule has 118 valence electrons. The SMILES string of the molecule is Cn1c(O)c(N=NC(=S)N(CCO)CCO)c2ccccc21. The summed E-state index contributed by atoms with van der Waals surface area (Å²) in [5.41, 5.74) is 1.18. The van der Waals surface area contributed by atoms with Gasteiger partial charge in [0.1, 0.15) is 0 Å². The molecular formula is C14H18N4O3S. The zero-order valence-electron chi connectivity index (χ0n) is 12.2. The summed E-state index contributed by atoms with van der Waals surface area (Å²) in [6.07, 6.45) is 0. The molecule has 0 amide bonds. The van der Waals surface area contributed by atoms with Gasteiger partial charge in [-0.15, -0.1) is 10.2 Å². The first-order valence-corrected chi connectivity index (χ1v) is 7.19. The molecule has 7 nitrogen and oxygen atoms in total. The molecule has 1 heterocycles. The number of fused-ring (bicyclic) bond motifs is 1. The van der Waals surface area contributed by atoms with Crippen LogP contribution in [0.3, 0.4) is 0 Å². The Labute approximate surface area is 133 Å². The van der Waals surface area contributed by atoms with Crippen molar-refractivity contribution in [3.63, 3.8) is 0 Å². The van der Waals surface area contributed by atoms with E-state index in [4.69, 9.17) is 22.4 Å². The molecular weight excluding hydrogens is 304 g/mol. The van der Waals surface area contributed by atoms with Crippen molar-refractivity contribution in [1.82, 2.24) is 9.47 Å². The summed E-state index contributed by atoms with van der Waals surface area (Å²) in [4.78, 5) is 1.54. The van der Waals surface area contributed by atoms with Gasteiger partial charge in [-0.25, -0.2) is 0 Å². The summed E-state index contributed by atoms with van der Waals surface area (Å²) in [5, 5.41) is 37.0. The standard InChI is InChI=1S/C14H18N4O3S/c1-17-11-5-3-2-4-10(11)12(13(17)21)15-16-14(22)18(6-8-19)7-9-20/h2-5,19-21H,6-9H2,1H3. The fourth-order valence-corrected chi connectivity index (χ4v) is 2.38. The highest BCUT2D eigenvalue weighted by atomic mass is 32.1. The van der Waals surface area contributed by atoms with Crippen molar-refractivity contribution in [2.45, 2.75) is 0 Å². The number of thiocarbonyl (C=S) groups is 1. The largest absolute Gasteiger partial charge is 0.493 e. The van der Waals surface area contributed by atoms with Crippen molar-refractivity contribution in [1.29, 1.82) is 0 Å². The van der Waals surface area contributed by atoms with Crippen LogP contribution in [0.1, 0.15) is 0 Å². The van der Waals surface area contributed by atoms with E-state index in [1.165, 1.54) is 0 Å². The van der Waals surface area contributed by atoms with Gasteiger partial charge in [0, 0.05) is 25.5 Å². The van der Waals surface area contributed by atoms with Crippen molar-refractivity contribution in [3.05, 3.63) is 24.3 Å². The Morgan fingerprint density at radius 2 is 1.86 bits per heavy atom. The minimum Gasteiger partial charge on any atom is -0.493 e. The summed E-state index contributed by atoms with van der Waals surface area (Å²) in [6, 6.07) is 7.43. The third kappa shape index (κ3) is 3.24. The Morgan fingerprint density at radius 1 is 1.23 bits per heavy atom. The van der Waals surface area contributed by atoms with E-state index in [1.54, 1.807) is 16.5 Å². The first kappa shape index (κ1) is 16.3. The summed E-state index contributed by atoms with van der Waals surface area (Å²) in [6.45, 7) is 0.324. The Balaban J connectivity index is 2.30. The van der Waals surface area contributed by atoms with Crippen LogP contribution in [-0.4, -0.2) is 56.2 Å². The van der Waals surface area contributed by atoms with Crippen molar-refractivity contribution in [2.75, 3.05) is 26.3 Å². The number of benzene rings is 1. The van der Waals surface area contributed by atoms with Crippen LogP contribution in [0.25, 0.3) is 10.9 Å². The smallest absolute Gasteiger partial charge is 0.220 e. The predicted molar refractivity (Wildman–Crippen MR) is 87.4 cm³/mol. The zero-order chi connectivity index (χ0) is 16.1. The van der Waals surface area contributed by atoms with Crippen LogP contribution in [0.4, 0.5) is 5.69 Å². The first-order valence-electron chi connectivity index (χ1n) is 6.79. The molecule has 2 aromatic rings. The molecule has 0 atom stereocenters. The van der Waals surface area contributed by atoms with E-state index in [0.717, 1.165) is 10.9 Å². The molecule has 0 saturated heterocycles. The number of rotatable bonds is 5. The number of hydrogen-bond donors (Lipinski definition) is 3. The molecule has 0 spiro atoms. The van der Waals surface area contributed by atoms with Gasteiger partial charge in [-0.3, -0.25) is 0 Å². The molecule has 2 rings (SSSR count). The molecule has 0 aliphatic carbocycles. The van der Waals surface area contributed by atoms with Crippen LogP contribution in [0, 0.1) is 0 Å². The second-order valence-corrected chi connectivity index (χ2v) is 5.03. The number of aliphatic hydroxyl groups is 2. The molecule has 8 heteroatoms. The Bertz CT molecular complexity index is 693. The van der Waals surface area contributed by atoms with Gasteiger partial charge >= 0.3 is 0 Å². The van der Waals surface area contributed by atoms with Gasteiger partial charge in [-0.05, 0) is 18.3 Å². The van der Waals surface area contributed by atoms with Crippen LogP contribution in [0.5, 0.6) is 5.88 Å². The van der Waals surface area contributed by atoms with Crippen molar-refractivity contribution >= 4 is 33.9 Å². The summed E-state index contributed by atoms with van der Waals surface area (Å²) >= 11 is 5.13. The minimum atomic E-state index is -0.102. The second-order valence-electron chi connectivity index (χ2n) is 4.67. The quantitative estimate of drug-likeness (QED) is 0.573. The van der Waals surface area contributed by atoms with Gasteiger partial charge in [0.25, 0.3) is 0 Å². The summed E-state index contributed by atoms with van der Waals surface area (Å²) in [5.74, 6) is 0.00335. The van der Waals surface area contributed by atoms with E-state index in [1.807, 2.05) is 24.3 Å². The fraction of sp³-hybridized carbons (Fsp3) is 0.357. The Kier molecular flexibility index (Phi) is 5.42. The van der Waals surface area contributed by atoms with Crippen molar-refractivity contribution in [2.24, 2.45) is 17.3 Å². The number of aromatic nitrogens is 1. The lowest BCUT2D eigenvalue weighted by Crippen LogP contribution is -2.33. The maximum atomic E-state index is 10.2. The molecule has 0 unspecified atom stereocenters. The number of aryl methyl sites for hydroxylation is 1. The average molecular weight is 322 g/mol. The highest BCUT2D eigenvalue weighted by Crippen LogP contribution is 2.37. The van der Waals surface area contributed by atoms with Crippen LogP contribution >= 0.6 is 12.2 Å². The van der Waals surface area contributed by atoms with Gasteiger partial charge in [-0.1, -0.05) is 18.2 Å². The van der Waals surface area contributed by atoms with E-state index < -0.39 is 0 Å². The fourth-order valence-electron chi connectivity index (χ4n) is 2.16. The molecule has 0 saturated carbocycles. The molecule has 3 N–H and O–H groups in total. The molecule has 1 aromatic carbocycles. The van der Waals surface area contributed by atoms with Gasteiger partial charge in [-0.2, -0.15) is 0 Å². The van der Waals surface area contributed by atoms with Crippen LogP contribution < -0.4 is 0 Å². The number of hydrogen-bond acceptors (Lipinski definition) is 5. The van der Waals surface area contributed by atoms with Gasteiger partial charge in [0.15, 0.2) is 5.69 Å². The van der Waals surface area contributed by atoms with E-state index in [9.17, 15) is 5.11 Å². The number of nitrogens with zero attached hydrogens (tertiary/aromatic N) is 4. The average Bonchev–Trinajstić information content (AvgIpc) is 2.77. The Morgan fingerprint density at radius 3 is 2.50 bits per heavy atom. The van der Waals surface area contributed by atoms with E-state index in [-0.39, 0.29) is 37.3 Å². The van der Waals surface area contributed by atoms with Gasteiger partial charge < -0.3 is 24.8 Å². The highest BCUT2D eigenvalue weighted by Gasteiger charge is 2.14. The van der Waals surface area contributed by atoms with E-state index in [0.29, 0.717) is 5.69 Å². The Hall–Kier alpha value is -2.03. The highest BCUT2D eigenvalue weighted by molar-refractivity contribution is 7.80. The van der Waals surface area contributed by atoms with Crippen LogP contribution in [-0.2, 0) is 7.05 Å². The molecule has 0 fully saturated rings. The van der Waals surface area contributed by atoms with Crippen LogP contribution in [0.15, 0.2) is 34.5 Å².